The van der Waals surface area contributed by atoms with Crippen LogP contribution in [0.3, 0.4) is 0 Å². The Labute approximate surface area is 93.7 Å². The van der Waals surface area contributed by atoms with Crippen LogP contribution in [0, 0.1) is 0 Å². The second kappa shape index (κ2) is 4.26. The molecule has 2 aromatic rings. The summed E-state index contributed by atoms with van der Waals surface area (Å²) in [5.41, 5.74) is 2.10. The van der Waals surface area contributed by atoms with Gasteiger partial charge < -0.3 is 0 Å². The molecule has 0 aliphatic rings. The van der Waals surface area contributed by atoms with Crippen LogP contribution in [0.15, 0.2) is 24.4 Å². The zero-order chi connectivity index (χ0) is 11.5. The number of anilines is 1. The maximum atomic E-state index is 10.9. The van der Waals surface area contributed by atoms with Gasteiger partial charge in [-0.15, -0.1) is 0 Å². The molecule has 0 saturated carbocycles. The lowest BCUT2D eigenvalue weighted by atomic mass is 10.1. The van der Waals surface area contributed by atoms with Crippen LogP contribution in [0.1, 0.15) is 19.4 Å². The average molecular weight is 215 g/mol. The van der Waals surface area contributed by atoms with Gasteiger partial charge in [0.2, 0.25) is 11.9 Å². The molecule has 0 radical (unpaired) electrons. The molecule has 0 atom stereocenters. The third-order valence-corrected chi connectivity index (χ3v) is 2.34. The summed E-state index contributed by atoms with van der Waals surface area (Å²) in [4.78, 5) is 19.2. The van der Waals surface area contributed by atoms with E-state index in [4.69, 9.17) is 0 Å². The fourth-order valence-electron chi connectivity index (χ4n) is 1.52. The highest BCUT2D eigenvalue weighted by atomic mass is 16.1. The van der Waals surface area contributed by atoms with Gasteiger partial charge in [0.1, 0.15) is 0 Å². The largest absolute Gasteiger partial charge is 0.295 e. The zero-order valence-corrected chi connectivity index (χ0v) is 9.32. The number of carbonyl (C=O) groups excluding carboxylic acids is 1. The molecule has 2 rings (SSSR count). The molecular weight excluding hydrogens is 202 g/mol. The first-order valence-corrected chi connectivity index (χ1v) is 5.22. The Kier molecular flexibility index (Phi) is 2.81. The van der Waals surface area contributed by atoms with Crippen LogP contribution in [-0.2, 0) is 11.2 Å². The van der Waals surface area contributed by atoms with Crippen LogP contribution in [0.4, 0.5) is 5.95 Å². The molecule has 82 valence electrons. The van der Waals surface area contributed by atoms with E-state index < -0.39 is 0 Å². The lowest BCUT2D eigenvalue weighted by molar-refractivity contribution is -0.114. The Hall–Kier alpha value is -1.97. The fraction of sp³-hybridized carbons (Fsp3) is 0.250. The highest BCUT2D eigenvalue weighted by Crippen LogP contribution is 2.15. The Morgan fingerprint density at radius 3 is 2.94 bits per heavy atom. The number of fused-ring (bicyclic) bond motifs is 1. The third kappa shape index (κ3) is 2.16. The quantitative estimate of drug-likeness (QED) is 0.835. The average Bonchev–Trinajstić information content (AvgIpc) is 2.27. The van der Waals surface area contributed by atoms with Gasteiger partial charge in [-0.3, -0.25) is 10.1 Å². The second-order valence-electron chi connectivity index (χ2n) is 3.62. The highest BCUT2D eigenvalue weighted by Gasteiger charge is 2.01. The highest BCUT2D eigenvalue weighted by molar-refractivity contribution is 5.88. The monoisotopic (exact) mass is 215 g/mol. The molecule has 0 unspecified atom stereocenters. The summed E-state index contributed by atoms with van der Waals surface area (Å²) in [7, 11) is 0. The SMILES string of the molecule is CCc1ccc2nc(NC(C)=O)ncc2c1. The molecule has 16 heavy (non-hydrogen) atoms. The van der Waals surface area contributed by atoms with Crippen molar-refractivity contribution in [2.24, 2.45) is 0 Å². The molecule has 1 amide bonds. The smallest absolute Gasteiger partial charge is 0.229 e. The molecule has 1 N–H and O–H groups in total. The van der Waals surface area contributed by atoms with Gasteiger partial charge >= 0.3 is 0 Å². The molecule has 4 heteroatoms. The van der Waals surface area contributed by atoms with Crippen molar-refractivity contribution in [1.29, 1.82) is 0 Å². The fourth-order valence-corrected chi connectivity index (χ4v) is 1.52. The number of aryl methyl sites for hydroxylation is 1. The maximum absolute atomic E-state index is 10.9. The summed E-state index contributed by atoms with van der Waals surface area (Å²) in [5, 5.41) is 3.56. The van der Waals surface area contributed by atoms with E-state index in [0.717, 1.165) is 17.3 Å². The van der Waals surface area contributed by atoms with E-state index in [1.165, 1.54) is 12.5 Å². The maximum Gasteiger partial charge on any atom is 0.229 e. The summed E-state index contributed by atoms with van der Waals surface area (Å²) in [6.07, 6.45) is 2.72. The van der Waals surface area contributed by atoms with Gasteiger partial charge in [0, 0.05) is 18.5 Å². The van der Waals surface area contributed by atoms with E-state index in [0.29, 0.717) is 5.95 Å². The van der Waals surface area contributed by atoms with Crippen molar-refractivity contribution >= 4 is 22.8 Å². The van der Waals surface area contributed by atoms with E-state index >= 15 is 0 Å². The first-order chi connectivity index (χ1) is 7.69. The van der Waals surface area contributed by atoms with Crippen molar-refractivity contribution in [1.82, 2.24) is 9.97 Å². The summed E-state index contributed by atoms with van der Waals surface area (Å²) in [6, 6.07) is 6.04. The van der Waals surface area contributed by atoms with Crippen LogP contribution in [-0.4, -0.2) is 15.9 Å². The Balaban J connectivity index is 2.43. The second-order valence-corrected chi connectivity index (χ2v) is 3.62. The molecule has 0 aliphatic heterocycles. The third-order valence-electron chi connectivity index (χ3n) is 2.34. The molecule has 1 heterocycles. The first kappa shape index (κ1) is 10.5. The lowest BCUT2D eigenvalue weighted by Crippen LogP contribution is -2.08. The van der Waals surface area contributed by atoms with E-state index in [1.807, 2.05) is 12.1 Å². The molecule has 0 saturated heterocycles. The zero-order valence-electron chi connectivity index (χ0n) is 9.32. The number of nitrogens with one attached hydrogen (secondary N) is 1. The number of carbonyl (C=O) groups is 1. The van der Waals surface area contributed by atoms with Crippen molar-refractivity contribution in [3.63, 3.8) is 0 Å². The topological polar surface area (TPSA) is 54.9 Å². The van der Waals surface area contributed by atoms with Crippen molar-refractivity contribution in [2.75, 3.05) is 5.32 Å². The molecule has 4 nitrogen and oxygen atoms in total. The van der Waals surface area contributed by atoms with Crippen LogP contribution in [0.2, 0.25) is 0 Å². The van der Waals surface area contributed by atoms with E-state index in [2.05, 4.69) is 28.3 Å². The van der Waals surface area contributed by atoms with E-state index in [1.54, 1.807) is 6.20 Å². The van der Waals surface area contributed by atoms with Gasteiger partial charge in [-0.25, -0.2) is 9.97 Å². The van der Waals surface area contributed by atoms with Gasteiger partial charge in [0.05, 0.1) is 5.52 Å². The standard InChI is InChI=1S/C12H13N3O/c1-3-9-4-5-11-10(6-9)7-13-12(15-11)14-8(2)16/h4-7H,3H2,1-2H3,(H,13,14,15,16). The van der Waals surface area contributed by atoms with E-state index in [-0.39, 0.29) is 5.91 Å². The molecule has 1 aromatic carbocycles. The summed E-state index contributed by atoms with van der Waals surface area (Å²) >= 11 is 0. The van der Waals surface area contributed by atoms with E-state index in [9.17, 15) is 4.79 Å². The molecule has 1 aromatic heterocycles. The Morgan fingerprint density at radius 1 is 1.44 bits per heavy atom. The number of hydrogen-bond acceptors (Lipinski definition) is 3. The number of benzene rings is 1. The minimum absolute atomic E-state index is 0.162. The number of amides is 1. The molecule has 0 bridgehead atoms. The lowest BCUT2D eigenvalue weighted by Gasteiger charge is -2.03. The van der Waals surface area contributed by atoms with Crippen LogP contribution in [0.25, 0.3) is 10.9 Å². The van der Waals surface area contributed by atoms with Gasteiger partial charge in [-0.2, -0.15) is 0 Å². The van der Waals surface area contributed by atoms with Gasteiger partial charge in [-0.05, 0) is 24.1 Å². The first-order valence-electron chi connectivity index (χ1n) is 5.22. The van der Waals surface area contributed by atoms with Crippen LogP contribution >= 0.6 is 0 Å². The summed E-state index contributed by atoms with van der Waals surface area (Å²) in [6.45, 7) is 3.54. The predicted octanol–water partition coefficient (Wildman–Crippen LogP) is 2.15. The van der Waals surface area contributed by atoms with Gasteiger partial charge in [0.25, 0.3) is 0 Å². The van der Waals surface area contributed by atoms with Gasteiger partial charge in [0.15, 0.2) is 0 Å². The van der Waals surface area contributed by atoms with Gasteiger partial charge in [-0.1, -0.05) is 13.0 Å². The van der Waals surface area contributed by atoms with Crippen molar-refractivity contribution in [3.8, 4) is 0 Å². The minimum atomic E-state index is -0.162. The normalized spacial score (nSPS) is 10.4. The molecular formula is C12H13N3O. The summed E-state index contributed by atoms with van der Waals surface area (Å²) in [5.74, 6) is 0.189. The van der Waals surface area contributed by atoms with Crippen molar-refractivity contribution in [2.45, 2.75) is 20.3 Å². The number of hydrogen-bond donors (Lipinski definition) is 1. The Bertz CT molecular complexity index is 537. The minimum Gasteiger partial charge on any atom is -0.295 e. The van der Waals surface area contributed by atoms with Crippen molar-refractivity contribution < 1.29 is 4.79 Å². The van der Waals surface area contributed by atoms with Crippen LogP contribution < -0.4 is 5.32 Å². The molecule has 0 fully saturated rings. The number of rotatable bonds is 2. The number of aromatic nitrogens is 2. The molecule has 0 aliphatic carbocycles. The predicted molar refractivity (Wildman–Crippen MR) is 63.2 cm³/mol. The Morgan fingerprint density at radius 2 is 2.25 bits per heavy atom. The molecule has 0 spiro atoms. The summed E-state index contributed by atoms with van der Waals surface area (Å²) < 4.78 is 0. The van der Waals surface area contributed by atoms with Crippen molar-refractivity contribution in [3.05, 3.63) is 30.0 Å². The number of nitrogens with zero attached hydrogens (tertiary/aromatic N) is 2. The van der Waals surface area contributed by atoms with Crippen LogP contribution in [0.5, 0.6) is 0 Å².